The summed E-state index contributed by atoms with van der Waals surface area (Å²) in [5, 5.41) is 0. The van der Waals surface area contributed by atoms with E-state index >= 15 is 0 Å². The maximum absolute atomic E-state index is 2.51. The molecule has 0 atom stereocenters. The molecule has 0 unspecified atom stereocenters. The molecule has 0 N–H and O–H groups in total. The fourth-order valence-corrected chi connectivity index (χ4v) is 6.86. The van der Waals surface area contributed by atoms with Crippen LogP contribution in [0.5, 0.6) is 0 Å². The van der Waals surface area contributed by atoms with Gasteiger partial charge in [-0.2, -0.15) is 0 Å². The van der Waals surface area contributed by atoms with Crippen LogP contribution in [0.25, 0.3) is 0 Å². The minimum Gasteiger partial charge on any atom is -1.00 e. The molecule has 0 amide bonds. The summed E-state index contributed by atoms with van der Waals surface area (Å²) in [5.41, 5.74) is 0. The molecule has 2 aliphatic rings. The predicted molar refractivity (Wildman–Crippen MR) is 51.0 cm³/mol. The second-order valence-electron chi connectivity index (χ2n) is 3.34. The van der Waals surface area contributed by atoms with E-state index in [9.17, 15) is 0 Å². The molecule has 2 aliphatic carbocycles. The Labute approximate surface area is 83.5 Å². The molecule has 62 valence electrons. The van der Waals surface area contributed by atoms with Crippen molar-refractivity contribution in [2.75, 3.05) is 0 Å². The van der Waals surface area contributed by atoms with Crippen molar-refractivity contribution in [1.29, 1.82) is 0 Å². The van der Waals surface area contributed by atoms with Crippen LogP contribution in [0.15, 0.2) is 48.6 Å². The quantitative estimate of drug-likeness (QED) is 0.688. The van der Waals surface area contributed by atoms with E-state index in [1.165, 1.54) is 0 Å². The van der Waals surface area contributed by atoms with Crippen LogP contribution in [0, 0.1) is 0 Å². The molecule has 0 aliphatic heterocycles. The first kappa shape index (κ1) is 8.44. The number of hydrogen-bond donors (Lipinski definition) is 0. The zero-order valence-corrected chi connectivity index (χ0v) is 9.73. The van der Waals surface area contributed by atoms with Crippen molar-refractivity contribution in [2.45, 2.75) is 11.9 Å². The van der Waals surface area contributed by atoms with Gasteiger partial charge in [0.25, 0.3) is 0 Å². The first-order valence-corrected chi connectivity index (χ1v) is 9.71. The smallest absolute Gasteiger partial charge is 1.00 e. The number of rotatable bonds is 2. The summed E-state index contributed by atoms with van der Waals surface area (Å²) in [6, 6.07) is 0. The van der Waals surface area contributed by atoms with Crippen molar-refractivity contribution in [3.63, 3.8) is 0 Å². The molecule has 0 fully saturated rings. The first-order chi connectivity index (χ1) is 5.88. The molecular weight excluding hydrogens is 223 g/mol. The fraction of sp³-hybridized carbons (Fsp3) is 0.273. The molecule has 0 aromatic rings. The Hall–Kier alpha value is -0.157. The van der Waals surface area contributed by atoms with Gasteiger partial charge in [0.2, 0.25) is 0 Å². The van der Waals surface area contributed by atoms with Gasteiger partial charge in [-0.3, -0.25) is 0 Å². The summed E-state index contributed by atoms with van der Waals surface area (Å²) < 4.78 is 4.19. The van der Waals surface area contributed by atoms with E-state index in [0.717, 1.165) is 7.25 Å². The maximum Gasteiger partial charge on any atom is -1.00 e. The molecule has 0 heterocycles. The first-order valence-electron chi connectivity index (χ1n) is 4.41. The van der Waals surface area contributed by atoms with Gasteiger partial charge < -0.3 is 1.43 Å². The summed E-state index contributed by atoms with van der Waals surface area (Å²) in [5.74, 6) is 0. The van der Waals surface area contributed by atoms with Gasteiger partial charge in [0.05, 0.1) is 0 Å². The van der Waals surface area contributed by atoms with Gasteiger partial charge in [-0.15, -0.1) is 0 Å². The minimum atomic E-state index is -1.22. The van der Waals surface area contributed by atoms with Gasteiger partial charge >= 0.3 is 82.2 Å². The summed E-state index contributed by atoms with van der Waals surface area (Å²) in [4.78, 5) is 0. The molecule has 1 heteroatoms. The van der Waals surface area contributed by atoms with Crippen LogP contribution in [-0.2, 0) is 21.8 Å². The van der Waals surface area contributed by atoms with Gasteiger partial charge in [0.1, 0.15) is 0 Å². The standard InChI is InChI=1S/2C5H5.CH3.Zr.H/c2*1-2-4-5-3-1;;;/h2*1-5H;1H3;;/q;;;+1;-1. The van der Waals surface area contributed by atoms with Crippen LogP contribution in [-0.4, -0.2) is 0 Å². The minimum absolute atomic E-state index is 0. The Morgan fingerprint density at radius 1 is 0.833 bits per heavy atom. The van der Waals surface area contributed by atoms with Crippen LogP contribution in [0.3, 0.4) is 0 Å². The van der Waals surface area contributed by atoms with Crippen LogP contribution in [0.2, 0.25) is 11.9 Å². The Balaban J connectivity index is 0.000000845. The summed E-state index contributed by atoms with van der Waals surface area (Å²) in [6.45, 7) is 0. The molecule has 0 spiro atoms. The van der Waals surface area contributed by atoms with Crippen molar-refractivity contribution in [3.05, 3.63) is 48.6 Å². The van der Waals surface area contributed by atoms with Crippen LogP contribution < -0.4 is 0 Å². The maximum atomic E-state index is 2.51. The second kappa shape index (κ2) is 3.70. The monoisotopic (exact) mass is 236 g/mol. The topological polar surface area (TPSA) is 0 Å². The fourth-order valence-electron chi connectivity index (χ4n) is 1.69. The molecule has 12 heavy (non-hydrogen) atoms. The third-order valence-corrected chi connectivity index (χ3v) is 9.61. The third kappa shape index (κ3) is 1.61. The van der Waals surface area contributed by atoms with E-state index in [4.69, 9.17) is 0 Å². The van der Waals surface area contributed by atoms with E-state index in [2.05, 4.69) is 53.2 Å². The number of allylic oxidation sites excluding steroid dienone is 8. The van der Waals surface area contributed by atoms with Crippen LogP contribution >= 0.6 is 0 Å². The number of hydrogen-bond acceptors (Lipinski definition) is 0. The van der Waals surface area contributed by atoms with Crippen molar-refractivity contribution in [1.82, 2.24) is 0 Å². The van der Waals surface area contributed by atoms with Gasteiger partial charge in [-0.1, -0.05) is 0 Å². The zero-order valence-electron chi connectivity index (χ0n) is 8.27. The van der Waals surface area contributed by atoms with Gasteiger partial charge in [-0.05, 0) is 0 Å². The van der Waals surface area contributed by atoms with Crippen molar-refractivity contribution in [3.8, 4) is 0 Å². The molecule has 0 saturated heterocycles. The molecule has 0 bridgehead atoms. The molecule has 0 radical (unpaired) electrons. The summed E-state index contributed by atoms with van der Waals surface area (Å²) >= 11 is -1.22. The van der Waals surface area contributed by atoms with E-state index in [1.54, 1.807) is 0 Å². The third-order valence-electron chi connectivity index (χ3n) is 2.55. The van der Waals surface area contributed by atoms with Crippen molar-refractivity contribution in [2.24, 2.45) is 0 Å². The van der Waals surface area contributed by atoms with Crippen LogP contribution in [0.4, 0.5) is 0 Å². The van der Waals surface area contributed by atoms with Crippen molar-refractivity contribution >= 4 is 0 Å². The summed E-state index contributed by atoms with van der Waals surface area (Å²) in [7, 11) is 0. The normalized spacial score (nSPS) is 21.4. The Bertz CT molecular complexity index is 224. The Kier molecular flexibility index (Phi) is 2.61. The van der Waals surface area contributed by atoms with Gasteiger partial charge in [0, 0.05) is 0 Å². The Morgan fingerprint density at radius 3 is 1.50 bits per heavy atom. The predicted octanol–water partition coefficient (Wildman–Crippen LogP) is 3.59. The molecular formula is C11H14Zr. The zero-order chi connectivity index (χ0) is 8.39. The average Bonchev–Trinajstić information content (AvgIpc) is 2.77. The van der Waals surface area contributed by atoms with Gasteiger partial charge in [0.15, 0.2) is 0 Å². The van der Waals surface area contributed by atoms with E-state index in [-0.39, 0.29) is 1.43 Å². The van der Waals surface area contributed by atoms with E-state index in [0.29, 0.717) is 0 Å². The molecule has 2 rings (SSSR count). The molecule has 0 aromatic heterocycles. The molecule has 0 aromatic carbocycles. The largest absolute Gasteiger partial charge is 1.00 e. The average molecular weight is 237 g/mol. The van der Waals surface area contributed by atoms with Crippen LogP contribution in [0.1, 0.15) is 1.43 Å². The van der Waals surface area contributed by atoms with E-state index in [1.807, 2.05) is 0 Å². The van der Waals surface area contributed by atoms with E-state index < -0.39 is 21.8 Å². The van der Waals surface area contributed by atoms with Gasteiger partial charge in [-0.25, -0.2) is 0 Å². The SMILES string of the molecule is [CH3][Zr+]([CH]1C=CC=C1)[CH]1C=CC=C1.[H-]. The molecule has 0 saturated carbocycles. The molecule has 0 nitrogen and oxygen atoms in total. The summed E-state index contributed by atoms with van der Waals surface area (Å²) in [6.07, 6.45) is 18.2. The van der Waals surface area contributed by atoms with Crippen molar-refractivity contribution < 1.29 is 23.2 Å². The second-order valence-corrected chi connectivity index (χ2v) is 10.3. The Morgan fingerprint density at radius 2 is 1.17 bits per heavy atom.